The average molecular weight is 181 g/mol. The summed E-state index contributed by atoms with van der Waals surface area (Å²) in [5, 5.41) is 15.1. The molecule has 0 aliphatic rings. The molecule has 0 bridgehead atoms. The molecule has 70 valence electrons. The van der Waals surface area contributed by atoms with Crippen molar-refractivity contribution in [3.05, 3.63) is 24.4 Å². The number of hydrogen-bond donors (Lipinski definition) is 2. The predicted molar refractivity (Wildman–Crippen MR) is 47.6 cm³/mol. The topological polar surface area (TPSA) is 67.2 Å². The molecule has 13 heavy (non-hydrogen) atoms. The smallest absolute Gasteiger partial charge is 0.342 e. The van der Waals surface area contributed by atoms with Crippen LogP contribution < -0.4 is 5.32 Å². The summed E-state index contributed by atoms with van der Waals surface area (Å²) in [6.45, 7) is 5.51. The van der Waals surface area contributed by atoms with Gasteiger partial charge in [0.15, 0.2) is 0 Å². The fraction of sp³-hybridized carbons (Fsp3) is 0.250. The molecule has 1 aromatic rings. The first-order valence-electron chi connectivity index (χ1n) is 3.80. The zero-order chi connectivity index (χ0) is 9.84. The second-order valence-electron chi connectivity index (χ2n) is 2.53. The molecule has 0 aromatic carbocycles. The SMILES string of the molecule is C=CCNC(=O)n1nc(O)cc1C. The quantitative estimate of drug-likeness (QED) is 0.658. The number of hydrogen-bond acceptors (Lipinski definition) is 3. The lowest BCUT2D eigenvalue weighted by molar-refractivity contribution is 0.239. The van der Waals surface area contributed by atoms with Gasteiger partial charge in [-0.05, 0) is 6.92 Å². The summed E-state index contributed by atoms with van der Waals surface area (Å²) in [4.78, 5) is 11.3. The largest absolute Gasteiger partial charge is 0.492 e. The molecule has 1 aromatic heterocycles. The van der Waals surface area contributed by atoms with Crippen LogP contribution in [0.2, 0.25) is 0 Å². The van der Waals surface area contributed by atoms with Crippen molar-refractivity contribution >= 4 is 6.03 Å². The van der Waals surface area contributed by atoms with E-state index >= 15 is 0 Å². The zero-order valence-electron chi connectivity index (χ0n) is 7.32. The Morgan fingerprint density at radius 2 is 2.62 bits per heavy atom. The van der Waals surface area contributed by atoms with Gasteiger partial charge < -0.3 is 10.4 Å². The van der Waals surface area contributed by atoms with Crippen LogP contribution in [0.25, 0.3) is 0 Å². The monoisotopic (exact) mass is 181 g/mol. The van der Waals surface area contributed by atoms with Crippen molar-refractivity contribution in [3.8, 4) is 5.88 Å². The average Bonchev–Trinajstić information content (AvgIpc) is 2.41. The second-order valence-corrected chi connectivity index (χ2v) is 2.53. The summed E-state index contributed by atoms with van der Waals surface area (Å²) in [6, 6.07) is 1.03. The van der Waals surface area contributed by atoms with E-state index in [1.54, 1.807) is 13.0 Å². The van der Waals surface area contributed by atoms with Crippen LogP contribution in [-0.4, -0.2) is 27.5 Å². The van der Waals surface area contributed by atoms with E-state index in [-0.39, 0.29) is 11.9 Å². The van der Waals surface area contributed by atoms with Crippen molar-refractivity contribution in [2.75, 3.05) is 6.54 Å². The summed E-state index contributed by atoms with van der Waals surface area (Å²) in [5.41, 5.74) is 0.582. The van der Waals surface area contributed by atoms with Crippen molar-refractivity contribution in [1.29, 1.82) is 0 Å². The van der Waals surface area contributed by atoms with Gasteiger partial charge in [0, 0.05) is 12.6 Å². The van der Waals surface area contributed by atoms with E-state index in [1.165, 1.54) is 6.07 Å². The third-order valence-electron chi connectivity index (χ3n) is 1.46. The molecule has 0 radical (unpaired) electrons. The van der Waals surface area contributed by atoms with E-state index in [9.17, 15) is 4.79 Å². The Labute approximate surface area is 75.7 Å². The van der Waals surface area contributed by atoms with Crippen LogP contribution in [0.15, 0.2) is 18.7 Å². The molecule has 1 heterocycles. The Morgan fingerprint density at radius 3 is 3.08 bits per heavy atom. The van der Waals surface area contributed by atoms with Gasteiger partial charge in [-0.1, -0.05) is 6.08 Å². The number of aryl methyl sites for hydroxylation is 1. The number of amides is 1. The van der Waals surface area contributed by atoms with Gasteiger partial charge in [0.2, 0.25) is 5.88 Å². The van der Waals surface area contributed by atoms with Gasteiger partial charge in [-0.2, -0.15) is 4.68 Å². The molecule has 1 rings (SSSR count). The standard InChI is InChI=1S/C8H11N3O2/c1-3-4-9-8(13)11-6(2)5-7(12)10-11/h3,5H,1,4H2,2H3,(H,9,13)(H,10,12). The molecular weight excluding hydrogens is 170 g/mol. The highest BCUT2D eigenvalue weighted by Gasteiger charge is 2.08. The van der Waals surface area contributed by atoms with Gasteiger partial charge in [-0.25, -0.2) is 4.79 Å². The molecule has 0 fully saturated rings. The minimum Gasteiger partial charge on any atom is -0.492 e. The van der Waals surface area contributed by atoms with Gasteiger partial charge >= 0.3 is 6.03 Å². The van der Waals surface area contributed by atoms with E-state index in [0.717, 1.165) is 4.68 Å². The minimum absolute atomic E-state index is 0.161. The van der Waals surface area contributed by atoms with E-state index < -0.39 is 0 Å². The molecule has 1 amide bonds. The van der Waals surface area contributed by atoms with Crippen LogP contribution in [0, 0.1) is 6.92 Å². The van der Waals surface area contributed by atoms with Crippen LogP contribution in [0.1, 0.15) is 5.69 Å². The van der Waals surface area contributed by atoms with Crippen LogP contribution in [0.5, 0.6) is 5.88 Å². The third kappa shape index (κ3) is 2.08. The number of aromatic hydroxyl groups is 1. The maximum atomic E-state index is 11.3. The summed E-state index contributed by atoms with van der Waals surface area (Å²) in [5.74, 6) is -0.161. The van der Waals surface area contributed by atoms with E-state index in [1.807, 2.05) is 0 Å². The predicted octanol–water partition coefficient (Wildman–Crippen LogP) is 0.641. The first-order valence-corrected chi connectivity index (χ1v) is 3.80. The minimum atomic E-state index is -0.377. The van der Waals surface area contributed by atoms with Gasteiger partial charge in [-0.15, -0.1) is 11.7 Å². The van der Waals surface area contributed by atoms with Crippen LogP contribution >= 0.6 is 0 Å². The highest BCUT2D eigenvalue weighted by molar-refractivity contribution is 5.76. The molecular formula is C8H11N3O2. The van der Waals surface area contributed by atoms with Crippen molar-refractivity contribution < 1.29 is 9.90 Å². The molecule has 0 unspecified atom stereocenters. The van der Waals surface area contributed by atoms with Crippen molar-refractivity contribution in [1.82, 2.24) is 15.1 Å². The number of carbonyl (C=O) groups is 1. The normalized spacial score (nSPS) is 9.62. The van der Waals surface area contributed by atoms with Gasteiger partial charge in [0.05, 0.1) is 5.69 Å². The van der Waals surface area contributed by atoms with Gasteiger partial charge in [-0.3, -0.25) is 0 Å². The Balaban J connectivity index is 2.76. The number of rotatable bonds is 2. The Hall–Kier alpha value is -1.78. The van der Waals surface area contributed by atoms with E-state index in [0.29, 0.717) is 12.2 Å². The van der Waals surface area contributed by atoms with Crippen LogP contribution in [-0.2, 0) is 0 Å². The Morgan fingerprint density at radius 1 is 1.92 bits per heavy atom. The summed E-state index contributed by atoms with van der Waals surface area (Å²) >= 11 is 0. The Bertz CT molecular complexity index is 330. The molecule has 5 heteroatoms. The van der Waals surface area contributed by atoms with Crippen LogP contribution in [0.3, 0.4) is 0 Å². The summed E-state index contributed by atoms with van der Waals surface area (Å²) in [6.07, 6.45) is 1.57. The van der Waals surface area contributed by atoms with Crippen LogP contribution in [0.4, 0.5) is 4.79 Å². The van der Waals surface area contributed by atoms with E-state index in [4.69, 9.17) is 5.11 Å². The number of aromatic nitrogens is 2. The lowest BCUT2D eigenvalue weighted by Gasteiger charge is -2.02. The summed E-state index contributed by atoms with van der Waals surface area (Å²) in [7, 11) is 0. The Kier molecular flexibility index (Phi) is 2.69. The number of nitrogens with zero attached hydrogens (tertiary/aromatic N) is 2. The first-order chi connectivity index (χ1) is 6.15. The highest BCUT2D eigenvalue weighted by atomic mass is 16.3. The molecule has 5 nitrogen and oxygen atoms in total. The molecule has 0 spiro atoms. The van der Waals surface area contributed by atoms with E-state index in [2.05, 4.69) is 17.0 Å². The molecule has 0 atom stereocenters. The first kappa shape index (κ1) is 9.31. The van der Waals surface area contributed by atoms with Crippen molar-refractivity contribution in [3.63, 3.8) is 0 Å². The number of nitrogens with one attached hydrogen (secondary N) is 1. The lowest BCUT2D eigenvalue weighted by atomic mass is 10.5. The molecule has 0 aliphatic carbocycles. The molecule has 0 saturated heterocycles. The number of carbonyl (C=O) groups excluding carboxylic acids is 1. The lowest BCUT2D eigenvalue weighted by Crippen LogP contribution is -2.29. The fourth-order valence-electron chi connectivity index (χ4n) is 0.898. The third-order valence-corrected chi connectivity index (χ3v) is 1.46. The maximum absolute atomic E-state index is 11.3. The zero-order valence-corrected chi connectivity index (χ0v) is 7.32. The molecule has 0 saturated carbocycles. The van der Waals surface area contributed by atoms with Gasteiger partial charge in [0.1, 0.15) is 0 Å². The molecule has 0 aliphatic heterocycles. The molecule has 2 N–H and O–H groups in total. The maximum Gasteiger partial charge on any atom is 0.342 e. The van der Waals surface area contributed by atoms with Crippen molar-refractivity contribution in [2.24, 2.45) is 0 Å². The highest BCUT2D eigenvalue weighted by Crippen LogP contribution is 2.07. The van der Waals surface area contributed by atoms with Crippen molar-refractivity contribution in [2.45, 2.75) is 6.92 Å². The fourth-order valence-corrected chi connectivity index (χ4v) is 0.898. The summed E-state index contributed by atoms with van der Waals surface area (Å²) < 4.78 is 1.10. The second kappa shape index (κ2) is 3.75. The van der Waals surface area contributed by atoms with Gasteiger partial charge in [0.25, 0.3) is 0 Å².